The maximum Gasteiger partial charge on any atom is 0.418 e. The third-order valence-corrected chi connectivity index (χ3v) is 8.99. The van der Waals surface area contributed by atoms with Crippen molar-refractivity contribution in [3.8, 4) is 0 Å². The molecule has 2 aliphatic heterocycles. The van der Waals surface area contributed by atoms with E-state index in [2.05, 4.69) is 16.7 Å². The average molecular weight is 549 g/mol. The maximum absolute atomic E-state index is 13.7. The molecule has 2 unspecified atom stereocenters. The van der Waals surface area contributed by atoms with Gasteiger partial charge in [-0.05, 0) is 93.3 Å². The molecule has 40 heavy (non-hydrogen) atoms. The molecule has 0 aromatic heterocycles. The Morgan fingerprint density at radius 2 is 2.00 bits per heavy atom. The van der Waals surface area contributed by atoms with Crippen molar-refractivity contribution >= 4 is 23.6 Å². The predicted octanol–water partition coefficient (Wildman–Crippen LogP) is 3.98. The van der Waals surface area contributed by atoms with Crippen LogP contribution in [0.1, 0.15) is 55.7 Å². The van der Waals surface area contributed by atoms with Gasteiger partial charge < -0.3 is 20.3 Å². The Hall–Kier alpha value is -3.46. The Labute approximate surface area is 234 Å². The first-order valence-corrected chi connectivity index (χ1v) is 14.5. The number of nitrogens with zero attached hydrogens (tertiary/aromatic N) is 2. The SMILES string of the molecule is C[C@@H](C1CC1)N(CCc1ccc(F)cc1)C(=O)CN1C(=O)OC2(CCc3cc(NC4CCCNC4)ccc32)C1=O. The molecule has 0 radical (unpaired) electrons. The van der Waals surface area contributed by atoms with Crippen molar-refractivity contribution < 1.29 is 23.5 Å². The van der Waals surface area contributed by atoms with E-state index in [1.807, 2.05) is 19.1 Å². The summed E-state index contributed by atoms with van der Waals surface area (Å²) in [5.74, 6) is -0.619. The second-order valence-corrected chi connectivity index (χ2v) is 11.7. The lowest BCUT2D eigenvalue weighted by atomic mass is 9.94. The van der Waals surface area contributed by atoms with E-state index in [-0.39, 0.29) is 24.3 Å². The molecule has 1 spiro atoms. The Morgan fingerprint density at radius 3 is 2.73 bits per heavy atom. The number of halogens is 1. The quantitative estimate of drug-likeness (QED) is 0.493. The van der Waals surface area contributed by atoms with E-state index in [0.29, 0.717) is 43.3 Å². The standard InChI is InChI=1S/C31H37FN4O4/c1-20(22-6-7-22)35(16-13-21-4-8-24(32)9-5-21)28(37)19-36-29(38)31(40-30(36)39)14-12-23-17-25(10-11-27(23)31)34-26-3-2-15-33-18-26/h4-5,8-11,17,20,22,26,33-34H,2-3,6-7,12-16,18-19H2,1H3/t20-,26?,31?/m0/s1. The van der Waals surface area contributed by atoms with Crippen LogP contribution in [0.2, 0.25) is 0 Å². The van der Waals surface area contributed by atoms with Crippen LogP contribution in [0, 0.1) is 11.7 Å². The molecular formula is C31H37FN4O4. The molecule has 8 nitrogen and oxygen atoms in total. The smallest absolute Gasteiger partial charge is 0.418 e. The van der Waals surface area contributed by atoms with Crippen molar-refractivity contribution in [3.63, 3.8) is 0 Å². The number of carbonyl (C=O) groups is 3. The van der Waals surface area contributed by atoms with Gasteiger partial charge in [-0.2, -0.15) is 0 Å². The van der Waals surface area contributed by atoms with Crippen LogP contribution in [0.4, 0.5) is 14.9 Å². The zero-order valence-electron chi connectivity index (χ0n) is 23.0. The third kappa shape index (κ3) is 5.19. The summed E-state index contributed by atoms with van der Waals surface area (Å²) < 4.78 is 19.1. The summed E-state index contributed by atoms with van der Waals surface area (Å²) in [5.41, 5.74) is 2.27. The molecule has 3 amide bonds. The topological polar surface area (TPSA) is 91.0 Å². The highest BCUT2D eigenvalue weighted by Gasteiger charge is 2.58. The molecule has 3 fully saturated rings. The van der Waals surface area contributed by atoms with E-state index in [0.717, 1.165) is 60.5 Å². The van der Waals surface area contributed by atoms with Gasteiger partial charge in [-0.25, -0.2) is 14.1 Å². The summed E-state index contributed by atoms with van der Waals surface area (Å²) in [4.78, 5) is 43.1. The Kier molecular flexibility index (Phi) is 7.25. The predicted molar refractivity (Wildman–Crippen MR) is 148 cm³/mol. The molecule has 9 heteroatoms. The lowest BCUT2D eigenvalue weighted by molar-refractivity contribution is -0.142. The number of hydrogen-bond donors (Lipinski definition) is 2. The van der Waals surface area contributed by atoms with Gasteiger partial charge in [-0.3, -0.25) is 9.59 Å². The maximum atomic E-state index is 13.7. The van der Waals surface area contributed by atoms with Crippen LogP contribution in [0.25, 0.3) is 0 Å². The number of amides is 3. The van der Waals surface area contributed by atoms with Crippen LogP contribution in [-0.4, -0.2) is 66.0 Å². The molecular weight excluding hydrogens is 511 g/mol. The van der Waals surface area contributed by atoms with Crippen LogP contribution in [0.5, 0.6) is 0 Å². The van der Waals surface area contributed by atoms with Gasteiger partial charge in [-0.1, -0.05) is 18.2 Å². The number of ether oxygens (including phenoxy) is 1. The van der Waals surface area contributed by atoms with E-state index in [4.69, 9.17) is 4.74 Å². The fourth-order valence-corrected chi connectivity index (χ4v) is 6.47. The minimum atomic E-state index is -1.36. The summed E-state index contributed by atoms with van der Waals surface area (Å²) in [6.45, 7) is 4.07. The largest absolute Gasteiger partial charge is 0.427 e. The second-order valence-electron chi connectivity index (χ2n) is 11.7. The van der Waals surface area contributed by atoms with E-state index < -0.39 is 17.6 Å². The molecule has 3 atom stereocenters. The van der Waals surface area contributed by atoms with Crippen LogP contribution in [0.15, 0.2) is 42.5 Å². The lowest BCUT2D eigenvalue weighted by Crippen LogP contribution is -2.48. The van der Waals surface area contributed by atoms with Gasteiger partial charge in [0.15, 0.2) is 0 Å². The van der Waals surface area contributed by atoms with Gasteiger partial charge in [0.25, 0.3) is 5.91 Å². The highest BCUT2D eigenvalue weighted by atomic mass is 19.1. The summed E-state index contributed by atoms with van der Waals surface area (Å²) in [5, 5.41) is 6.98. The van der Waals surface area contributed by atoms with Crippen molar-refractivity contribution in [3.05, 3.63) is 65.0 Å². The van der Waals surface area contributed by atoms with Gasteiger partial charge in [0.05, 0.1) is 0 Å². The van der Waals surface area contributed by atoms with Crippen LogP contribution in [0.3, 0.4) is 0 Å². The van der Waals surface area contributed by atoms with Gasteiger partial charge in [-0.15, -0.1) is 0 Å². The fourth-order valence-electron chi connectivity index (χ4n) is 6.47. The van der Waals surface area contributed by atoms with Crippen LogP contribution in [-0.2, 0) is 32.8 Å². The van der Waals surface area contributed by atoms with Crippen molar-refractivity contribution in [2.45, 2.75) is 69.6 Å². The number of nitrogens with one attached hydrogen (secondary N) is 2. The van der Waals surface area contributed by atoms with Crippen LogP contribution < -0.4 is 10.6 Å². The summed E-state index contributed by atoms with van der Waals surface area (Å²) in [7, 11) is 0. The Morgan fingerprint density at radius 1 is 1.20 bits per heavy atom. The normalized spacial score (nSPS) is 24.6. The van der Waals surface area contributed by atoms with E-state index in [9.17, 15) is 18.8 Å². The van der Waals surface area contributed by atoms with Crippen molar-refractivity contribution in [2.75, 3.05) is 31.5 Å². The molecule has 2 aromatic rings. The first kappa shape index (κ1) is 26.7. The third-order valence-electron chi connectivity index (χ3n) is 8.99. The van der Waals surface area contributed by atoms with Crippen molar-refractivity contribution in [2.24, 2.45) is 5.92 Å². The molecule has 212 valence electrons. The zero-order valence-corrected chi connectivity index (χ0v) is 23.0. The minimum Gasteiger partial charge on any atom is -0.427 e. The number of imide groups is 1. The number of fused-ring (bicyclic) bond motifs is 2. The first-order chi connectivity index (χ1) is 19.3. The minimum absolute atomic E-state index is 0.00636. The molecule has 4 aliphatic rings. The lowest BCUT2D eigenvalue weighted by Gasteiger charge is -2.30. The number of aryl methyl sites for hydroxylation is 1. The van der Waals surface area contributed by atoms with Gasteiger partial charge >= 0.3 is 6.09 Å². The molecule has 1 saturated carbocycles. The number of piperidine rings is 1. The van der Waals surface area contributed by atoms with Gasteiger partial charge in [0.1, 0.15) is 12.4 Å². The number of anilines is 1. The number of carbonyl (C=O) groups excluding carboxylic acids is 3. The second kappa shape index (κ2) is 10.8. The molecule has 2 N–H and O–H groups in total. The molecule has 2 aromatic carbocycles. The van der Waals surface area contributed by atoms with E-state index in [1.165, 1.54) is 12.1 Å². The molecule has 6 rings (SSSR count). The zero-order chi connectivity index (χ0) is 27.9. The number of rotatable bonds is 9. The van der Waals surface area contributed by atoms with Gasteiger partial charge in [0, 0.05) is 42.8 Å². The summed E-state index contributed by atoms with van der Waals surface area (Å²) in [6.07, 6.45) is 5.14. The highest BCUT2D eigenvalue weighted by Crippen LogP contribution is 2.46. The van der Waals surface area contributed by atoms with Gasteiger partial charge in [0.2, 0.25) is 11.5 Å². The Balaban J connectivity index is 1.15. The van der Waals surface area contributed by atoms with Crippen molar-refractivity contribution in [1.29, 1.82) is 0 Å². The summed E-state index contributed by atoms with van der Waals surface area (Å²) in [6, 6.07) is 12.5. The van der Waals surface area contributed by atoms with E-state index >= 15 is 0 Å². The van der Waals surface area contributed by atoms with Crippen LogP contribution >= 0.6 is 0 Å². The molecule has 0 bridgehead atoms. The highest BCUT2D eigenvalue weighted by molar-refractivity contribution is 6.06. The number of hydrogen-bond acceptors (Lipinski definition) is 6. The average Bonchev–Trinajstić information content (AvgIpc) is 3.71. The first-order valence-electron chi connectivity index (χ1n) is 14.5. The molecule has 2 saturated heterocycles. The summed E-state index contributed by atoms with van der Waals surface area (Å²) >= 11 is 0. The molecule has 2 heterocycles. The fraction of sp³-hybridized carbons (Fsp3) is 0.516. The Bertz CT molecular complexity index is 1290. The monoisotopic (exact) mass is 548 g/mol. The number of benzene rings is 2. The van der Waals surface area contributed by atoms with E-state index in [1.54, 1.807) is 17.0 Å². The molecule has 2 aliphatic carbocycles. The van der Waals surface area contributed by atoms with Crippen molar-refractivity contribution in [1.82, 2.24) is 15.1 Å².